The molecule has 39 heavy (non-hydrogen) atoms. The molecule has 1 spiro atoms. The molecule has 2 aromatic rings. The lowest BCUT2D eigenvalue weighted by Gasteiger charge is -2.34. The second-order valence-corrected chi connectivity index (χ2v) is 25.4. The first kappa shape index (κ1) is 30.2. The number of fused-ring (bicyclic) bond motifs is 1. The molecule has 1 saturated carbocycles. The molecule has 1 saturated heterocycles. The van der Waals surface area contributed by atoms with Gasteiger partial charge in [0.05, 0.1) is 10.7 Å². The number of hydrogen-bond acceptors (Lipinski definition) is 7. The summed E-state index contributed by atoms with van der Waals surface area (Å²) in [7, 11) is -2.43. The molecule has 2 aromatic heterocycles. The summed E-state index contributed by atoms with van der Waals surface area (Å²) in [6, 6.07) is 3.87. The van der Waals surface area contributed by atoms with Crippen molar-refractivity contribution >= 4 is 55.5 Å². The third kappa shape index (κ3) is 7.69. The average Bonchev–Trinajstić information content (AvgIpc) is 3.35. The highest BCUT2D eigenvalue weighted by Crippen LogP contribution is 2.40. The Morgan fingerprint density at radius 2 is 1.64 bits per heavy atom. The second-order valence-electron chi connectivity index (χ2n) is 13.3. The average molecular weight is 640 g/mol. The van der Waals surface area contributed by atoms with Crippen LogP contribution < -0.4 is 15.5 Å². The maximum atomic E-state index is 12.4. The molecule has 0 bridgehead atoms. The fraction of sp³-hybridized carbons (Fsp3) is 0.692. The van der Waals surface area contributed by atoms with Gasteiger partial charge in [-0.3, -0.25) is 10.1 Å². The summed E-state index contributed by atoms with van der Waals surface area (Å²) in [5.74, 6) is 0.813. The van der Waals surface area contributed by atoms with Crippen molar-refractivity contribution < 1.29 is 19.1 Å². The van der Waals surface area contributed by atoms with E-state index in [1.54, 1.807) is 6.20 Å². The number of urea groups is 1. The highest BCUT2D eigenvalue weighted by molar-refractivity contribution is 9.10. The minimum atomic E-state index is -1.21. The Morgan fingerprint density at radius 3 is 2.15 bits per heavy atom. The second kappa shape index (κ2) is 12.0. The molecule has 3 heterocycles. The summed E-state index contributed by atoms with van der Waals surface area (Å²) < 4.78 is 15.0. The fourth-order valence-electron chi connectivity index (χ4n) is 4.94. The molecule has 0 atom stereocenters. The molecule has 13 heteroatoms. The van der Waals surface area contributed by atoms with Gasteiger partial charge in [0.25, 0.3) is 5.91 Å². The van der Waals surface area contributed by atoms with Gasteiger partial charge in [-0.1, -0.05) is 39.3 Å². The molecule has 2 N–H and O–H groups in total. The van der Waals surface area contributed by atoms with Crippen molar-refractivity contribution in [1.29, 1.82) is 0 Å². The first-order valence-electron chi connectivity index (χ1n) is 13.8. The van der Waals surface area contributed by atoms with Gasteiger partial charge in [-0.25, -0.2) is 9.78 Å². The molecular formula is C26H43BrN6O4Si2. The molecule has 2 fully saturated rings. The van der Waals surface area contributed by atoms with E-state index in [1.165, 1.54) is 0 Å². The SMILES string of the molecule is C[Si](C)(C)CCOCN(COCC[Si](C)(C)C)c1cc(C2CCC3(CC2)NC(=O)NC3=O)nc2c(Br)cnn12. The topological polar surface area (TPSA) is 110 Å². The van der Waals surface area contributed by atoms with Crippen LogP contribution in [0.3, 0.4) is 0 Å². The Kier molecular flexibility index (Phi) is 9.26. The van der Waals surface area contributed by atoms with Crippen LogP contribution in [0.15, 0.2) is 16.7 Å². The lowest BCUT2D eigenvalue weighted by Crippen LogP contribution is -2.49. The molecule has 1 aliphatic heterocycles. The highest BCUT2D eigenvalue weighted by Gasteiger charge is 2.48. The summed E-state index contributed by atoms with van der Waals surface area (Å²) in [5, 5.41) is 9.86. The number of anilines is 1. The molecule has 4 rings (SSSR count). The summed E-state index contributed by atoms with van der Waals surface area (Å²) in [5.41, 5.74) is 0.898. The van der Waals surface area contributed by atoms with Gasteiger partial charge < -0.3 is 19.7 Å². The lowest BCUT2D eigenvalue weighted by molar-refractivity contribution is -0.125. The summed E-state index contributed by atoms with van der Waals surface area (Å²) in [6.45, 7) is 16.3. The van der Waals surface area contributed by atoms with Crippen LogP contribution >= 0.6 is 15.9 Å². The van der Waals surface area contributed by atoms with Crippen molar-refractivity contribution in [1.82, 2.24) is 25.2 Å². The summed E-state index contributed by atoms with van der Waals surface area (Å²) in [6.07, 6.45) is 4.44. The molecule has 0 aromatic carbocycles. The third-order valence-corrected chi connectivity index (χ3v) is 11.5. The van der Waals surface area contributed by atoms with E-state index in [4.69, 9.17) is 14.5 Å². The van der Waals surface area contributed by atoms with Crippen LogP contribution in [-0.4, -0.2) is 74.9 Å². The van der Waals surface area contributed by atoms with E-state index in [-0.39, 0.29) is 11.8 Å². The zero-order valence-electron chi connectivity index (χ0n) is 24.1. The van der Waals surface area contributed by atoms with Gasteiger partial charge in [-0.2, -0.15) is 9.61 Å². The lowest BCUT2D eigenvalue weighted by atomic mass is 9.75. The highest BCUT2D eigenvalue weighted by atomic mass is 79.9. The van der Waals surface area contributed by atoms with Gasteiger partial charge in [0, 0.05) is 47.0 Å². The number of aromatic nitrogens is 3. The van der Waals surface area contributed by atoms with Gasteiger partial charge in [-0.15, -0.1) is 0 Å². The van der Waals surface area contributed by atoms with Crippen LogP contribution in [0.5, 0.6) is 0 Å². The number of amides is 3. The van der Waals surface area contributed by atoms with Crippen molar-refractivity contribution in [3.05, 3.63) is 22.4 Å². The van der Waals surface area contributed by atoms with E-state index < -0.39 is 27.7 Å². The van der Waals surface area contributed by atoms with E-state index in [9.17, 15) is 9.59 Å². The number of carbonyl (C=O) groups is 2. The monoisotopic (exact) mass is 638 g/mol. The first-order valence-corrected chi connectivity index (χ1v) is 22.1. The Balaban J connectivity index is 1.56. The van der Waals surface area contributed by atoms with E-state index in [0.717, 1.165) is 46.6 Å². The Morgan fingerprint density at radius 1 is 1.05 bits per heavy atom. The van der Waals surface area contributed by atoms with Crippen LogP contribution in [0.4, 0.5) is 10.6 Å². The van der Waals surface area contributed by atoms with E-state index in [2.05, 4.69) is 81.9 Å². The van der Waals surface area contributed by atoms with Gasteiger partial charge in [0.1, 0.15) is 24.8 Å². The van der Waals surface area contributed by atoms with E-state index in [1.807, 2.05) is 4.52 Å². The predicted molar refractivity (Wildman–Crippen MR) is 162 cm³/mol. The predicted octanol–water partition coefficient (Wildman–Crippen LogP) is 5.16. The van der Waals surface area contributed by atoms with Gasteiger partial charge >= 0.3 is 6.03 Å². The number of nitrogens with one attached hydrogen (secondary N) is 2. The minimum Gasteiger partial charge on any atom is -0.361 e. The molecule has 2 aliphatic rings. The number of hydrogen-bond donors (Lipinski definition) is 2. The Hall–Kier alpha value is -1.81. The van der Waals surface area contributed by atoms with Crippen molar-refractivity contribution in [3.8, 4) is 0 Å². The maximum Gasteiger partial charge on any atom is 0.322 e. The van der Waals surface area contributed by atoms with E-state index in [0.29, 0.717) is 39.5 Å². The van der Waals surface area contributed by atoms with Gasteiger partial charge in [0.2, 0.25) is 0 Å². The van der Waals surface area contributed by atoms with Crippen molar-refractivity contribution in [2.45, 2.75) is 88.5 Å². The Bertz CT molecular complexity index is 1170. The third-order valence-electron chi connectivity index (χ3n) is 7.51. The van der Waals surface area contributed by atoms with Crippen LogP contribution in [0.25, 0.3) is 5.65 Å². The number of halogens is 1. The van der Waals surface area contributed by atoms with Crippen LogP contribution in [-0.2, 0) is 14.3 Å². The largest absolute Gasteiger partial charge is 0.361 e. The van der Waals surface area contributed by atoms with Gasteiger partial charge in [-0.05, 0) is 53.7 Å². The minimum absolute atomic E-state index is 0.161. The summed E-state index contributed by atoms with van der Waals surface area (Å²) >= 11 is 3.62. The van der Waals surface area contributed by atoms with Crippen molar-refractivity contribution in [2.24, 2.45) is 0 Å². The normalized spacial score (nSPS) is 22.0. The molecule has 1 aliphatic carbocycles. The van der Waals surface area contributed by atoms with Crippen LogP contribution in [0.2, 0.25) is 51.4 Å². The molecular weight excluding hydrogens is 596 g/mol. The number of ether oxygens (including phenoxy) is 2. The molecule has 3 amide bonds. The quantitative estimate of drug-likeness (QED) is 0.143. The number of carbonyl (C=O) groups excluding carboxylic acids is 2. The first-order chi connectivity index (χ1) is 18.3. The van der Waals surface area contributed by atoms with Crippen molar-refractivity contribution in [2.75, 3.05) is 31.6 Å². The van der Waals surface area contributed by atoms with Crippen LogP contribution in [0.1, 0.15) is 37.3 Å². The van der Waals surface area contributed by atoms with Crippen molar-refractivity contribution in [3.63, 3.8) is 0 Å². The van der Waals surface area contributed by atoms with E-state index >= 15 is 0 Å². The molecule has 10 nitrogen and oxygen atoms in total. The van der Waals surface area contributed by atoms with Gasteiger partial charge in [0.15, 0.2) is 5.65 Å². The standard InChI is InChI=1S/C26H43BrN6O4Si2/c1-38(2,3)13-11-36-17-32(18-37-12-14-39(4,5)6)22-15-21(29-23-20(27)16-28-33(22)23)19-7-9-26(10-8-19)24(34)30-25(35)31-26/h15-16,19H,7-14,17-18H2,1-6H3,(H2,30,31,34,35). The smallest absolute Gasteiger partial charge is 0.322 e. The van der Waals surface area contributed by atoms with Crippen LogP contribution in [0, 0.1) is 0 Å². The number of rotatable bonds is 12. The number of imide groups is 1. The number of nitrogens with zero attached hydrogens (tertiary/aromatic N) is 4. The summed E-state index contributed by atoms with van der Waals surface area (Å²) in [4.78, 5) is 31.3. The zero-order valence-corrected chi connectivity index (χ0v) is 27.7. The maximum absolute atomic E-state index is 12.4. The fourth-order valence-corrected chi connectivity index (χ4v) is 6.80. The zero-order chi connectivity index (χ0) is 28.4. The Labute approximate surface area is 241 Å². The molecule has 0 unspecified atom stereocenters. The molecule has 216 valence electrons. The molecule has 0 radical (unpaired) electrons.